The van der Waals surface area contributed by atoms with Gasteiger partial charge < -0.3 is 5.32 Å². The lowest BCUT2D eigenvalue weighted by molar-refractivity contribution is 0.0927. The molecule has 0 aliphatic heterocycles. The van der Waals surface area contributed by atoms with Gasteiger partial charge in [-0.2, -0.15) is 5.10 Å². The molecule has 3 aromatic heterocycles. The highest BCUT2D eigenvalue weighted by atomic mass is 16.1. The van der Waals surface area contributed by atoms with Gasteiger partial charge in [-0.05, 0) is 38.8 Å². The normalized spacial score (nSPS) is 15.1. The van der Waals surface area contributed by atoms with Gasteiger partial charge in [-0.1, -0.05) is 19.3 Å². The fourth-order valence-electron chi connectivity index (χ4n) is 3.59. The number of carbonyl (C=O) groups is 1. The molecule has 1 amide bonds. The molecule has 1 saturated carbocycles. The number of pyridine rings is 1. The number of hydrogen-bond donors (Lipinski definition) is 1. The molecule has 7 heteroatoms. The Bertz CT molecular complexity index is 938. The molecule has 0 aromatic carbocycles. The van der Waals surface area contributed by atoms with Gasteiger partial charge in [0.2, 0.25) is 0 Å². The minimum Gasteiger partial charge on any atom is -0.349 e. The van der Waals surface area contributed by atoms with E-state index in [9.17, 15) is 4.79 Å². The van der Waals surface area contributed by atoms with Crippen molar-refractivity contribution in [3.05, 3.63) is 48.8 Å². The van der Waals surface area contributed by atoms with Crippen molar-refractivity contribution in [2.45, 2.75) is 58.0 Å². The molecule has 3 aromatic rings. The van der Waals surface area contributed by atoms with Crippen LogP contribution in [0.1, 0.15) is 62.4 Å². The van der Waals surface area contributed by atoms with Gasteiger partial charge in [-0.15, -0.1) is 0 Å². The lowest BCUT2D eigenvalue weighted by atomic mass is 9.95. The van der Waals surface area contributed by atoms with Crippen molar-refractivity contribution in [3.63, 3.8) is 0 Å². The highest BCUT2D eigenvalue weighted by Crippen LogP contribution is 2.23. The van der Waals surface area contributed by atoms with Crippen LogP contribution >= 0.6 is 0 Å². The molecule has 28 heavy (non-hydrogen) atoms. The van der Waals surface area contributed by atoms with E-state index in [1.807, 2.05) is 33.8 Å². The topological polar surface area (TPSA) is 77.6 Å². The summed E-state index contributed by atoms with van der Waals surface area (Å²) < 4.78 is 3.70. The molecule has 7 nitrogen and oxygen atoms in total. The van der Waals surface area contributed by atoms with Crippen LogP contribution in [0.2, 0.25) is 0 Å². The van der Waals surface area contributed by atoms with E-state index in [0.29, 0.717) is 11.4 Å². The van der Waals surface area contributed by atoms with Crippen LogP contribution in [-0.2, 0) is 0 Å². The monoisotopic (exact) mass is 378 g/mol. The number of imidazole rings is 1. The maximum atomic E-state index is 12.9. The van der Waals surface area contributed by atoms with Gasteiger partial charge in [0.25, 0.3) is 5.91 Å². The second-order valence-electron chi connectivity index (χ2n) is 7.68. The van der Waals surface area contributed by atoms with E-state index in [4.69, 9.17) is 4.98 Å². The molecule has 1 N–H and O–H groups in total. The number of amides is 1. The van der Waals surface area contributed by atoms with Crippen molar-refractivity contribution >= 4 is 5.91 Å². The Morgan fingerprint density at radius 3 is 2.71 bits per heavy atom. The summed E-state index contributed by atoms with van der Waals surface area (Å²) in [7, 11) is 0. The first-order chi connectivity index (χ1) is 13.6. The van der Waals surface area contributed by atoms with Gasteiger partial charge in [0.1, 0.15) is 12.1 Å². The van der Waals surface area contributed by atoms with Gasteiger partial charge in [0.05, 0.1) is 11.9 Å². The zero-order valence-corrected chi connectivity index (χ0v) is 16.4. The van der Waals surface area contributed by atoms with Gasteiger partial charge in [0.15, 0.2) is 0 Å². The Morgan fingerprint density at radius 2 is 2.04 bits per heavy atom. The Balaban J connectivity index is 1.68. The van der Waals surface area contributed by atoms with Gasteiger partial charge in [0, 0.05) is 41.8 Å². The maximum absolute atomic E-state index is 12.9. The van der Waals surface area contributed by atoms with Crippen LogP contribution in [0.25, 0.3) is 17.1 Å². The maximum Gasteiger partial charge on any atom is 0.251 e. The zero-order chi connectivity index (χ0) is 19.5. The second kappa shape index (κ2) is 7.96. The Hall–Kier alpha value is -2.96. The van der Waals surface area contributed by atoms with Gasteiger partial charge in [-0.25, -0.2) is 9.97 Å². The Kier molecular flexibility index (Phi) is 5.23. The Labute approximate surface area is 164 Å². The van der Waals surface area contributed by atoms with Crippen LogP contribution < -0.4 is 5.32 Å². The molecule has 4 rings (SSSR count). The van der Waals surface area contributed by atoms with Crippen LogP contribution in [0.4, 0.5) is 0 Å². The third-order valence-corrected chi connectivity index (χ3v) is 5.21. The molecular formula is C21H26N6O. The molecule has 1 aliphatic carbocycles. The predicted molar refractivity (Wildman–Crippen MR) is 107 cm³/mol. The molecular weight excluding hydrogens is 352 g/mol. The minimum atomic E-state index is -0.0480. The first-order valence-corrected chi connectivity index (χ1v) is 9.96. The summed E-state index contributed by atoms with van der Waals surface area (Å²) in [5.41, 5.74) is 2.23. The summed E-state index contributed by atoms with van der Waals surface area (Å²) in [5, 5.41) is 7.61. The van der Waals surface area contributed by atoms with Crippen molar-refractivity contribution in [2.75, 3.05) is 0 Å². The second-order valence-corrected chi connectivity index (χ2v) is 7.68. The van der Waals surface area contributed by atoms with E-state index in [2.05, 4.69) is 29.2 Å². The lowest BCUT2D eigenvalue weighted by Gasteiger charge is -2.23. The summed E-state index contributed by atoms with van der Waals surface area (Å²) in [6.45, 7) is 4.16. The first-order valence-electron chi connectivity index (χ1n) is 9.96. The number of nitrogens with zero attached hydrogens (tertiary/aromatic N) is 5. The number of aromatic nitrogens is 5. The molecule has 146 valence electrons. The van der Waals surface area contributed by atoms with Crippen LogP contribution in [0.15, 0.2) is 43.2 Å². The summed E-state index contributed by atoms with van der Waals surface area (Å²) in [4.78, 5) is 21.8. The SMILES string of the molecule is CC(C)n1cc(-c2cc(C(=O)NC3CCCCC3)cc(-n3ccnc3)n2)cn1. The third kappa shape index (κ3) is 3.98. The summed E-state index contributed by atoms with van der Waals surface area (Å²) in [6, 6.07) is 4.19. The quantitative estimate of drug-likeness (QED) is 0.733. The predicted octanol–water partition coefficient (Wildman–Crippen LogP) is 3.77. The van der Waals surface area contributed by atoms with Crippen molar-refractivity contribution < 1.29 is 4.79 Å². The van der Waals surface area contributed by atoms with E-state index in [1.54, 1.807) is 18.7 Å². The number of carbonyl (C=O) groups excluding carboxylic acids is 1. The van der Waals surface area contributed by atoms with E-state index in [-0.39, 0.29) is 18.0 Å². The zero-order valence-electron chi connectivity index (χ0n) is 16.4. The number of hydrogen-bond acceptors (Lipinski definition) is 4. The van der Waals surface area contributed by atoms with Crippen LogP contribution in [0.3, 0.4) is 0 Å². The lowest BCUT2D eigenvalue weighted by Crippen LogP contribution is -2.36. The highest BCUT2D eigenvalue weighted by molar-refractivity contribution is 5.95. The molecule has 3 heterocycles. The van der Waals surface area contributed by atoms with Crippen LogP contribution in [0.5, 0.6) is 0 Å². The van der Waals surface area contributed by atoms with E-state index in [0.717, 1.165) is 24.1 Å². The minimum absolute atomic E-state index is 0.0480. The molecule has 1 aliphatic rings. The van der Waals surface area contributed by atoms with E-state index < -0.39 is 0 Å². The highest BCUT2D eigenvalue weighted by Gasteiger charge is 2.19. The molecule has 0 unspecified atom stereocenters. The van der Waals surface area contributed by atoms with Gasteiger partial charge >= 0.3 is 0 Å². The molecule has 0 saturated heterocycles. The van der Waals surface area contributed by atoms with Gasteiger partial charge in [-0.3, -0.25) is 14.0 Å². The van der Waals surface area contributed by atoms with Crippen LogP contribution in [0, 0.1) is 0 Å². The number of rotatable bonds is 5. The molecule has 1 fully saturated rings. The fraction of sp³-hybridized carbons (Fsp3) is 0.429. The third-order valence-electron chi connectivity index (χ3n) is 5.21. The van der Waals surface area contributed by atoms with E-state index in [1.165, 1.54) is 19.3 Å². The molecule has 0 radical (unpaired) electrons. The largest absolute Gasteiger partial charge is 0.349 e. The first kappa shape index (κ1) is 18.4. The summed E-state index contributed by atoms with van der Waals surface area (Å²) in [6.07, 6.45) is 14.7. The fourth-order valence-corrected chi connectivity index (χ4v) is 3.59. The summed E-state index contributed by atoms with van der Waals surface area (Å²) >= 11 is 0. The van der Waals surface area contributed by atoms with Crippen molar-refractivity contribution in [3.8, 4) is 17.1 Å². The number of nitrogens with one attached hydrogen (secondary N) is 1. The summed E-state index contributed by atoms with van der Waals surface area (Å²) in [5.74, 6) is 0.620. The molecule has 0 atom stereocenters. The average molecular weight is 378 g/mol. The van der Waals surface area contributed by atoms with Crippen LogP contribution in [-0.4, -0.2) is 36.3 Å². The standard InChI is InChI=1S/C21H26N6O/c1-15(2)27-13-17(12-23-27)19-10-16(11-20(25-19)26-9-8-22-14-26)21(28)24-18-6-4-3-5-7-18/h8-15,18H,3-7H2,1-2H3,(H,24,28). The average Bonchev–Trinajstić information content (AvgIpc) is 3.40. The van der Waals surface area contributed by atoms with Crippen molar-refractivity contribution in [2.24, 2.45) is 0 Å². The van der Waals surface area contributed by atoms with E-state index >= 15 is 0 Å². The smallest absolute Gasteiger partial charge is 0.251 e. The molecule has 0 spiro atoms. The van der Waals surface area contributed by atoms with Crippen molar-refractivity contribution in [1.29, 1.82) is 0 Å². The Morgan fingerprint density at radius 1 is 1.21 bits per heavy atom. The molecule has 0 bridgehead atoms. The van der Waals surface area contributed by atoms with Crippen molar-refractivity contribution in [1.82, 2.24) is 29.6 Å².